The van der Waals surface area contributed by atoms with E-state index >= 15 is 0 Å². The van der Waals surface area contributed by atoms with Gasteiger partial charge in [0.05, 0.1) is 0 Å². The van der Waals surface area contributed by atoms with Gasteiger partial charge in [-0.05, 0) is 26.7 Å². The summed E-state index contributed by atoms with van der Waals surface area (Å²) in [6, 6.07) is 0. The van der Waals surface area contributed by atoms with Crippen LogP contribution in [0.25, 0.3) is 0 Å². The Bertz CT molecular complexity index is 606. The fourth-order valence-corrected chi connectivity index (χ4v) is 5.18. The smallest absolute Gasteiger partial charge is 0.324 e. The fraction of sp³-hybridized carbons (Fsp3) is 0.882. The summed E-state index contributed by atoms with van der Waals surface area (Å²) >= 11 is 0. The number of carboxylic acid groups (broad SMARTS) is 2. The average Bonchev–Trinajstić information content (AvgIpc) is 2.89. The summed E-state index contributed by atoms with van der Waals surface area (Å²) in [4.78, 5) is 44.8. The topological polar surface area (TPSA) is 109 Å². The van der Waals surface area contributed by atoms with Crippen LogP contribution < -0.4 is 0 Å². The molecule has 0 aliphatic heterocycles. The van der Waals surface area contributed by atoms with Crippen LogP contribution in [0.2, 0.25) is 0 Å². The molecule has 0 aromatic carbocycles. The van der Waals surface area contributed by atoms with Gasteiger partial charge < -0.3 is 10.2 Å². The molecule has 0 saturated heterocycles. The number of carboxylic acids is 2. The van der Waals surface area contributed by atoms with E-state index in [-0.39, 0.29) is 6.42 Å². The van der Waals surface area contributed by atoms with Gasteiger partial charge in [-0.1, -0.05) is 155 Å². The molecule has 0 aliphatic carbocycles. The molecular weight excluding hydrogens is 504 g/mol. The maximum Gasteiger partial charge on any atom is 0.324 e. The van der Waals surface area contributed by atoms with Crippen LogP contribution >= 0.6 is 0 Å². The number of Topliss-reactive ketones (excluding diaryl/α,β-unsaturated/α-hetero) is 2. The second-order valence-electron chi connectivity index (χ2n) is 11.6. The summed E-state index contributed by atoms with van der Waals surface area (Å²) in [5.41, 5.74) is -1.82. The Balaban J connectivity index is 0. The van der Waals surface area contributed by atoms with Crippen molar-refractivity contribution in [2.24, 2.45) is 5.41 Å². The molecule has 0 aromatic rings. The number of carbonyl (C=O) groups excluding carboxylic acids is 2. The summed E-state index contributed by atoms with van der Waals surface area (Å²) < 4.78 is 0. The van der Waals surface area contributed by atoms with Gasteiger partial charge in [0, 0.05) is 6.42 Å². The van der Waals surface area contributed by atoms with Crippen molar-refractivity contribution in [3.63, 3.8) is 0 Å². The van der Waals surface area contributed by atoms with Crippen molar-refractivity contribution < 1.29 is 29.4 Å². The lowest BCUT2D eigenvalue weighted by Gasteiger charge is -2.23. The molecule has 0 rings (SSSR count). The van der Waals surface area contributed by atoms with Gasteiger partial charge in [-0.15, -0.1) is 0 Å². The van der Waals surface area contributed by atoms with E-state index in [1.54, 1.807) is 0 Å². The van der Waals surface area contributed by atoms with Crippen molar-refractivity contribution in [1.29, 1.82) is 0 Å². The average molecular weight is 569 g/mol. The first kappa shape index (κ1) is 40.4. The van der Waals surface area contributed by atoms with Crippen molar-refractivity contribution in [2.45, 2.75) is 188 Å². The van der Waals surface area contributed by atoms with Gasteiger partial charge in [0.2, 0.25) is 0 Å². The van der Waals surface area contributed by atoms with Crippen LogP contribution in [-0.2, 0) is 19.2 Å². The number of unbranched alkanes of at least 4 members (excludes halogenated alkanes) is 21. The van der Waals surface area contributed by atoms with Crippen LogP contribution in [0.15, 0.2) is 0 Å². The molecule has 0 fully saturated rings. The monoisotopic (exact) mass is 568 g/mol. The van der Waals surface area contributed by atoms with Gasteiger partial charge in [0.25, 0.3) is 0 Å². The lowest BCUT2D eigenvalue weighted by atomic mass is 9.76. The number of hydrogen-bond acceptors (Lipinski definition) is 4. The van der Waals surface area contributed by atoms with E-state index in [0.717, 1.165) is 32.1 Å². The molecule has 0 bridgehead atoms. The summed E-state index contributed by atoms with van der Waals surface area (Å²) in [6.07, 6.45) is 28.9. The Labute approximate surface area is 246 Å². The highest BCUT2D eigenvalue weighted by Crippen LogP contribution is 2.28. The zero-order chi connectivity index (χ0) is 30.5. The fourth-order valence-electron chi connectivity index (χ4n) is 5.18. The molecule has 0 atom stereocenters. The highest BCUT2D eigenvalue weighted by molar-refractivity contribution is 6.20. The maximum atomic E-state index is 11.6. The lowest BCUT2D eigenvalue weighted by molar-refractivity contribution is -0.159. The molecule has 0 unspecified atom stereocenters. The van der Waals surface area contributed by atoms with Crippen LogP contribution in [0.4, 0.5) is 0 Å². The number of hydrogen-bond donors (Lipinski definition) is 2. The largest absolute Gasteiger partial charge is 0.481 e. The Kier molecular flexibility index (Phi) is 29.1. The van der Waals surface area contributed by atoms with Crippen LogP contribution in [0.5, 0.6) is 0 Å². The summed E-state index contributed by atoms with van der Waals surface area (Å²) in [5, 5.41) is 17.7. The molecule has 0 spiro atoms. The molecule has 6 nitrogen and oxygen atoms in total. The third-order valence-electron chi connectivity index (χ3n) is 7.97. The Morgan fingerprint density at radius 1 is 0.450 bits per heavy atom. The second kappa shape index (κ2) is 28.8. The van der Waals surface area contributed by atoms with Gasteiger partial charge in [0.1, 0.15) is 0 Å². The van der Waals surface area contributed by atoms with Crippen LogP contribution in [0, 0.1) is 5.41 Å². The first-order valence-electron chi connectivity index (χ1n) is 16.6. The molecule has 2 N–H and O–H groups in total. The van der Waals surface area contributed by atoms with Gasteiger partial charge in [-0.25, -0.2) is 0 Å². The predicted molar refractivity (Wildman–Crippen MR) is 166 cm³/mol. The minimum absolute atomic E-state index is 0.127. The normalized spacial score (nSPS) is 11.1. The standard InChI is InChI=1S/C18H36O2.C16H28O4/c1-2-3-4-5-6-7-8-9-10-11-12-13-14-15-16-17-18(19)20;1-4-5-6-7-8-9-10-11-12-16(13(2)17,14(3)18)15(19)20/h2-17H2,1H3,(H,19,20);4-12H2,1-3H3,(H,19,20). The maximum absolute atomic E-state index is 11.6. The zero-order valence-electron chi connectivity index (χ0n) is 26.7. The summed E-state index contributed by atoms with van der Waals surface area (Å²) in [7, 11) is 0. The van der Waals surface area contributed by atoms with Crippen molar-refractivity contribution >= 4 is 23.5 Å². The van der Waals surface area contributed by atoms with E-state index in [1.165, 1.54) is 123 Å². The Morgan fingerprint density at radius 3 is 0.975 bits per heavy atom. The molecular formula is C34H64O6. The highest BCUT2D eigenvalue weighted by Gasteiger charge is 2.47. The SMILES string of the molecule is CCCCCCCCCCC(C(C)=O)(C(C)=O)C(=O)O.CCCCCCCCCCCCCCCCCC(=O)O. The van der Waals surface area contributed by atoms with Crippen LogP contribution in [0.1, 0.15) is 188 Å². The highest BCUT2D eigenvalue weighted by atomic mass is 16.4. The third kappa shape index (κ3) is 23.0. The molecule has 0 aliphatic rings. The number of rotatable bonds is 28. The molecule has 0 amide bonds. The van der Waals surface area contributed by atoms with Gasteiger partial charge >= 0.3 is 11.9 Å². The van der Waals surface area contributed by atoms with Crippen LogP contribution in [0.3, 0.4) is 0 Å². The minimum atomic E-state index is -1.82. The molecule has 40 heavy (non-hydrogen) atoms. The molecule has 236 valence electrons. The number of carbonyl (C=O) groups is 4. The molecule has 0 saturated carbocycles. The van der Waals surface area contributed by atoms with E-state index in [4.69, 9.17) is 5.11 Å². The minimum Gasteiger partial charge on any atom is -0.481 e. The molecule has 0 heterocycles. The van der Waals surface area contributed by atoms with Gasteiger partial charge in [-0.2, -0.15) is 0 Å². The van der Waals surface area contributed by atoms with E-state index in [9.17, 15) is 24.3 Å². The molecule has 0 aromatic heterocycles. The van der Waals surface area contributed by atoms with Crippen molar-refractivity contribution in [3.05, 3.63) is 0 Å². The van der Waals surface area contributed by atoms with Crippen molar-refractivity contribution in [1.82, 2.24) is 0 Å². The quantitative estimate of drug-likeness (QED) is 0.0718. The first-order chi connectivity index (χ1) is 19.2. The van der Waals surface area contributed by atoms with E-state index in [0.29, 0.717) is 12.8 Å². The van der Waals surface area contributed by atoms with Gasteiger partial charge in [-0.3, -0.25) is 19.2 Å². The molecule has 0 radical (unpaired) electrons. The molecule has 6 heteroatoms. The van der Waals surface area contributed by atoms with E-state index < -0.39 is 28.9 Å². The lowest BCUT2D eigenvalue weighted by Crippen LogP contribution is -2.44. The Morgan fingerprint density at radius 2 is 0.725 bits per heavy atom. The van der Waals surface area contributed by atoms with E-state index in [2.05, 4.69) is 13.8 Å². The van der Waals surface area contributed by atoms with Crippen molar-refractivity contribution in [3.8, 4) is 0 Å². The third-order valence-corrected chi connectivity index (χ3v) is 7.97. The zero-order valence-corrected chi connectivity index (χ0v) is 26.7. The van der Waals surface area contributed by atoms with Crippen LogP contribution in [-0.4, -0.2) is 33.7 Å². The number of ketones is 2. The predicted octanol–water partition coefficient (Wildman–Crippen LogP) is 10.1. The van der Waals surface area contributed by atoms with Crippen molar-refractivity contribution in [2.75, 3.05) is 0 Å². The van der Waals surface area contributed by atoms with Gasteiger partial charge in [0.15, 0.2) is 17.0 Å². The first-order valence-corrected chi connectivity index (χ1v) is 16.6. The second-order valence-corrected chi connectivity index (χ2v) is 11.6. The Hall–Kier alpha value is -1.72. The summed E-state index contributed by atoms with van der Waals surface area (Å²) in [5.74, 6) is -3.07. The van der Waals surface area contributed by atoms with E-state index in [1.807, 2.05) is 0 Å². The summed E-state index contributed by atoms with van der Waals surface area (Å²) in [6.45, 7) is 6.84. The number of aliphatic carboxylic acids is 2.